The van der Waals surface area contributed by atoms with Crippen LogP contribution in [0.5, 0.6) is 5.75 Å². The van der Waals surface area contributed by atoms with Gasteiger partial charge in [-0.25, -0.2) is 8.78 Å². The van der Waals surface area contributed by atoms with E-state index in [1.807, 2.05) is 13.8 Å². The fourth-order valence-electron chi connectivity index (χ4n) is 1.91. The molecule has 0 spiro atoms. The van der Waals surface area contributed by atoms with Crippen LogP contribution in [0.3, 0.4) is 0 Å². The summed E-state index contributed by atoms with van der Waals surface area (Å²) in [6.07, 6.45) is -0.808. The average Bonchev–Trinajstić information content (AvgIpc) is 2.27. The number of hydrogen-bond acceptors (Lipinski definition) is 2. The van der Waals surface area contributed by atoms with Crippen LogP contribution in [-0.2, 0) is 5.92 Å². The van der Waals surface area contributed by atoms with Gasteiger partial charge in [0.1, 0.15) is 12.2 Å². The first-order valence-electron chi connectivity index (χ1n) is 5.77. The molecule has 98 valence electrons. The molecule has 0 bridgehead atoms. The lowest BCUT2D eigenvalue weighted by atomic mass is 9.92. The first kappa shape index (κ1) is 14.4. The Morgan fingerprint density at radius 3 is 2.44 bits per heavy atom. The van der Waals surface area contributed by atoms with Gasteiger partial charge in [-0.05, 0) is 36.1 Å². The molecule has 0 aliphatic heterocycles. The zero-order chi connectivity index (χ0) is 13.9. The molecular weight excluding hydrogens is 236 g/mol. The highest BCUT2D eigenvalue weighted by atomic mass is 19.3. The lowest BCUT2D eigenvalue weighted by Crippen LogP contribution is -2.15. The predicted octanol–water partition coefficient (Wildman–Crippen LogP) is 4.13. The Labute approximate surface area is 106 Å². The Hall–Kier alpha value is -1.63. The van der Waals surface area contributed by atoms with Crippen LogP contribution in [0, 0.1) is 18.3 Å². The molecule has 0 atom stereocenters. The van der Waals surface area contributed by atoms with E-state index in [0.717, 1.165) is 5.56 Å². The van der Waals surface area contributed by atoms with E-state index in [9.17, 15) is 8.78 Å². The first-order valence-corrected chi connectivity index (χ1v) is 5.77. The van der Waals surface area contributed by atoms with Crippen molar-refractivity contribution in [3.05, 3.63) is 28.8 Å². The van der Waals surface area contributed by atoms with Gasteiger partial charge in [0.15, 0.2) is 0 Å². The maximum Gasteiger partial charge on any atom is 0.286 e. The summed E-state index contributed by atoms with van der Waals surface area (Å²) in [6, 6.07) is 4.59. The van der Waals surface area contributed by atoms with Crippen LogP contribution in [0.25, 0.3) is 0 Å². The van der Waals surface area contributed by atoms with Crippen molar-refractivity contribution >= 4 is 0 Å². The lowest BCUT2D eigenvalue weighted by molar-refractivity contribution is 0.000199. The van der Waals surface area contributed by atoms with Crippen LogP contribution in [0.4, 0.5) is 8.78 Å². The molecule has 1 aromatic carbocycles. The predicted molar refractivity (Wildman–Crippen MR) is 65.9 cm³/mol. The van der Waals surface area contributed by atoms with E-state index in [2.05, 4.69) is 0 Å². The second-order valence-corrected chi connectivity index (χ2v) is 4.60. The molecule has 0 N–H and O–H groups in total. The molecule has 0 amide bonds. The maximum atomic E-state index is 13.8. The first-order chi connectivity index (χ1) is 8.33. The third-order valence-electron chi connectivity index (χ3n) is 2.89. The van der Waals surface area contributed by atoms with Crippen LogP contribution in [0.1, 0.15) is 42.9 Å². The van der Waals surface area contributed by atoms with Crippen molar-refractivity contribution in [2.24, 2.45) is 0 Å². The molecule has 0 aliphatic rings. The fraction of sp³-hybridized carbons (Fsp3) is 0.500. The van der Waals surface area contributed by atoms with Gasteiger partial charge in [-0.1, -0.05) is 13.8 Å². The van der Waals surface area contributed by atoms with Gasteiger partial charge in [0.2, 0.25) is 0 Å². The van der Waals surface area contributed by atoms with E-state index >= 15 is 0 Å². The molecule has 2 nitrogen and oxygen atoms in total. The number of halogens is 2. The Morgan fingerprint density at radius 1 is 1.39 bits per heavy atom. The zero-order valence-electron chi connectivity index (χ0n) is 11.1. The van der Waals surface area contributed by atoms with E-state index in [-0.39, 0.29) is 11.5 Å². The third-order valence-corrected chi connectivity index (χ3v) is 2.89. The number of alkyl halides is 2. The Kier molecular flexibility index (Phi) is 4.28. The van der Waals surface area contributed by atoms with E-state index in [1.54, 1.807) is 13.0 Å². The van der Waals surface area contributed by atoms with Crippen molar-refractivity contribution in [2.75, 3.05) is 7.11 Å². The van der Waals surface area contributed by atoms with Crippen molar-refractivity contribution < 1.29 is 13.5 Å². The summed E-state index contributed by atoms with van der Waals surface area (Å²) in [6.45, 7) is 5.44. The van der Waals surface area contributed by atoms with Crippen molar-refractivity contribution in [1.29, 1.82) is 5.26 Å². The molecule has 1 aromatic rings. The molecular formula is C14H17F2NO. The minimum absolute atomic E-state index is 0.0807. The zero-order valence-corrected chi connectivity index (χ0v) is 11.1. The summed E-state index contributed by atoms with van der Waals surface area (Å²) in [7, 11) is 1.52. The average molecular weight is 253 g/mol. The molecule has 18 heavy (non-hydrogen) atoms. The molecule has 0 saturated carbocycles. The largest absolute Gasteiger partial charge is 0.496 e. The topological polar surface area (TPSA) is 33.0 Å². The highest BCUT2D eigenvalue weighted by molar-refractivity contribution is 5.45. The Bertz CT molecular complexity index is 475. The minimum Gasteiger partial charge on any atom is -0.496 e. The molecule has 0 saturated heterocycles. The lowest BCUT2D eigenvalue weighted by Gasteiger charge is -2.20. The number of methoxy groups -OCH3 is 1. The van der Waals surface area contributed by atoms with Crippen molar-refractivity contribution in [2.45, 2.75) is 39.0 Å². The van der Waals surface area contributed by atoms with E-state index in [1.165, 1.54) is 19.2 Å². The van der Waals surface area contributed by atoms with Gasteiger partial charge in [-0.2, -0.15) is 5.26 Å². The number of rotatable bonds is 4. The molecule has 0 unspecified atom stereocenters. The number of benzene rings is 1. The van der Waals surface area contributed by atoms with Crippen LogP contribution in [0.15, 0.2) is 12.1 Å². The van der Waals surface area contributed by atoms with Crippen LogP contribution in [0.2, 0.25) is 0 Å². The summed E-state index contributed by atoms with van der Waals surface area (Å²) in [5.74, 6) is -2.43. The summed E-state index contributed by atoms with van der Waals surface area (Å²) >= 11 is 0. The molecule has 1 rings (SSSR count). The highest BCUT2D eigenvalue weighted by Crippen LogP contribution is 2.38. The highest BCUT2D eigenvalue weighted by Gasteiger charge is 2.34. The van der Waals surface area contributed by atoms with Gasteiger partial charge in [-0.3, -0.25) is 0 Å². The second kappa shape index (κ2) is 5.34. The molecule has 0 aliphatic carbocycles. The normalized spacial score (nSPS) is 11.4. The molecule has 0 fully saturated rings. The number of nitriles is 1. The summed E-state index contributed by atoms with van der Waals surface area (Å²) in [5.41, 5.74) is 1.08. The van der Waals surface area contributed by atoms with Crippen LogP contribution >= 0.6 is 0 Å². The minimum atomic E-state index is -3.12. The molecule has 0 radical (unpaired) electrons. The van der Waals surface area contributed by atoms with Crippen molar-refractivity contribution in [3.8, 4) is 11.8 Å². The van der Waals surface area contributed by atoms with Gasteiger partial charge in [0, 0.05) is 5.56 Å². The van der Waals surface area contributed by atoms with Crippen molar-refractivity contribution in [1.82, 2.24) is 0 Å². The quantitative estimate of drug-likeness (QED) is 0.808. The van der Waals surface area contributed by atoms with Gasteiger partial charge < -0.3 is 4.74 Å². The van der Waals surface area contributed by atoms with E-state index in [0.29, 0.717) is 11.3 Å². The number of aryl methyl sites for hydroxylation is 1. The maximum absolute atomic E-state index is 13.8. The number of nitrogens with zero attached hydrogens (tertiary/aromatic N) is 1. The molecule has 0 heterocycles. The van der Waals surface area contributed by atoms with Gasteiger partial charge in [0.05, 0.1) is 13.2 Å². The summed E-state index contributed by atoms with van der Waals surface area (Å²) in [5, 5.41) is 8.48. The van der Waals surface area contributed by atoms with Gasteiger partial charge in [-0.15, -0.1) is 0 Å². The molecule has 4 heteroatoms. The van der Waals surface area contributed by atoms with Gasteiger partial charge >= 0.3 is 0 Å². The van der Waals surface area contributed by atoms with E-state index in [4.69, 9.17) is 10.00 Å². The third kappa shape index (κ3) is 2.79. The van der Waals surface area contributed by atoms with Crippen LogP contribution < -0.4 is 4.74 Å². The Morgan fingerprint density at radius 2 is 2.00 bits per heavy atom. The Balaban J connectivity index is 3.39. The van der Waals surface area contributed by atoms with Gasteiger partial charge in [0.25, 0.3) is 5.92 Å². The molecule has 0 aromatic heterocycles. The number of ether oxygens (including phenoxy) is 1. The second-order valence-electron chi connectivity index (χ2n) is 4.60. The smallest absolute Gasteiger partial charge is 0.286 e. The van der Waals surface area contributed by atoms with Crippen LogP contribution in [-0.4, -0.2) is 7.11 Å². The summed E-state index contributed by atoms with van der Waals surface area (Å²) < 4.78 is 32.9. The fourth-order valence-corrected chi connectivity index (χ4v) is 1.91. The van der Waals surface area contributed by atoms with Crippen molar-refractivity contribution in [3.63, 3.8) is 0 Å². The SMILES string of the molecule is COc1cc(C)c(C(F)(F)CC#N)cc1C(C)C. The standard InChI is InChI=1S/C14H17F2NO/c1-9(2)11-8-12(14(15,16)5-6-17)10(3)7-13(11)18-4/h7-9H,5H2,1-4H3. The monoisotopic (exact) mass is 253 g/mol. The number of hydrogen-bond donors (Lipinski definition) is 0. The van der Waals surface area contributed by atoms with E-state index < -0.39 is 12.3 Å². The summed E-state index contributed by atoms with van der Waals surface area (Å²) in [4.78, 5) is 0.